The molecule has 11 aromatic rings. The van der Waals surface area contributed by atoms with Crippen LogP contribution >= 0.6 is 0 Å². The van der Waals surface area contributed by atoms with Gasteiger partial charge in [0.25, 0.3) is 0 Å². The summed E-state index contributed by atoms with van der Waals surface area (Å²) in [4.78, 5) is 4.88. The van der Waals surface area contributed by atoms with Gasteiger partial charge in [0.15, 0.2) is 0 Å². The fourth-order valence-corrected chi connectivity index (χ4v) is 9.10. The van der Waals surface area contributed by atoms with E-state index >= 15 is 13.2 Å². The van der Waals surface area contributed by atoms with Gasteiger partial charge < -0.3 is 9.13 Å². The minimum Gasteiger partial charge on any atom is -0.307 e. The lowest BCUT2D eigenvalue weighted by atomic mass is 9.99. The summed E-state index contributed by atoms with van der Waals surface area (Å²) < 4.78 is 51.6. The number of halogens is 3. The smallest absolute Gasteiger partial charge is 0.307 e. The number of nitrogens with zero attached hydrogens (tertiary/aromatic N) is 5. The van der Waals surface area contributed by atoms with Gasteiger partial charge in [-0.1, -0.05) is 109 Å². The molecule has 64 heavy (non-hydrogen) atoms. The summed E-state index contributed by atoms with van der Waals surface area (Å²) in [5.41, 5.74) is 9.14. The van der Waals surface area contributed by atoms with Gasteiger partial charge in [-0.05, 0) is 107 Å². The molecule has 8 aromatic carbocycles. The van der Waals surface area contributed by atoms with Crippen LogP contribution in [0.3, 0.4) is 0 Å². The molecule has 8 heteroatoms. The lowest BCUT2D eigenvalue weighted by Crippen LogP contribution is -2.12. The summed E-state index contributed by atoms with van der Waals surface area (Å²) in [7, 11) is 0. The van der Waals surface area contributed by atoms with Gasteiger partial charge in [0.1, 0.15) is 0 Å². The Morgan fingerprint density at radius 3 is 1.39 bits per heavy atom. The zero-order valence-corrected chi connectivity index (χ0v) is 33.8. The summed E-state index contributed by atoms with van der Waals surface area (Å²) >= 11 is 0. The average molecular weight is 832 g/mol. The molecule has 0 saturated carbocycles. The number of alkyl halides is 3. The molecular formula is C56H32F3N5. The zero-order valence-electron chi connectivity index (χ0n) is 33.8. The van der Waals surface area contributed by atoms with E-state index < -0.39 is 11.7 Å². The Kier molecular flexibility index (Phi) is 8.97. The monoisotopic (exact) mass is 831 g/mol. The average Bonchev–Trinajstić information content (AvgIpc) is 3.85. The second kappa shape index (κ2) is 15.0. The highest BCUT2D eigenvalue weighted by molar-refractivity contribution is 6.13. The second-order valence-electron chi connectivity index (χ2n) is 15.7. The van der Waals surface area contributed by atoms with Crippen molar-refractivity contribution in [2.45, 2.75) is 6.18 Å². The number of rotatable bonds is 6. The quantitative estimate of drug-likeness (QED) is 0.168. The SMILES string of the molecule is N#Cc1cccc(-c2ccc3c(c2)c2ccccc2n3-c2cc(-c3cccc(-c4ccccc4)n3)c(C(F)(F)F)cc2-n2c3ccccc3c3cc(-c4cccc(C#N)c4)ccc32)c1. The van der Waals surface area contributed by atoms with Gasteiger partial charge in [0.2, 0.25) is 0 Å². The fourth-order valence-electron chi connectivity index (χ4n) is 9.10. The van der Waals surface area contributed by atoms with E-state index in [9.17, 15) is 10.5 Å². The van der Waals surface area contributed by atoms with Crippen LogP contribution in [0.4, 0.5) is 13.2 Å². The van der Waals surface area contributed by atoms with Gasteiger partial charge in [-0.25, -0.2) is 4.98 Å². The van der Waals surface area contributed by atoms with Crippen LogP contribution in [-0.4, -0.2) is 14.1 Å². The molecule has 0 aliphatic heterocycles. The molecule has 0 saturated heterocycles. The Morgan fingerprint density at radius 2 is 0.844 bits per heavy atom. The third-order valence-corrected chi connectivity index (χ3v) is 12.0. The summed E-state index contributed by atoms with van der Waals surface area (Å²) in [6.45, 7) is 0. The Bertz CT molecular complexity index is 3750. The number of fused-ring (bicyclic) bond motifs is 6. The zero-order chi connectivity index (χ0) is 43.5. The molecule has 0 aliphatic rings. The van der Waals surface area contributed by atoms with Gasteiger partial charge in [-0.2, -0.15) is 23.7 Å². The van der Waals surface area contributed by atoms with Gasteiger partial charge in [-0.3, -0.25) is 0 Å². The van der Waals surface area contributed by atoms with Gasteiger partial charge in [0, 0.05) is 32.7 Å². The van der Waals surface area contributed by atoms with Crippen molar-refractivity contribution in [2.24, 2.45) is 0 Å². The minimum atomic E-state index is -4.77. The van der Waals surface area contributed by atoms with E-state index in [2.05, 4.69) is 22.8 Å². The number of para-hydroxylation sites is 2. The highest BCUT2D eigenvalue weighted by atomic mass is 19.4. The molecule has 0 fully saturated rings. The first-order chi connectivity index (χ1) is 31.3. The molecule has 0 radical (unpaired) electrons. The van der Waals surface area contributed by atoms with E-state index in [1.165, 1.54) is 6.07 Å². The third-order valence-electron chi connectivity index (χ3n) is 12.0. The van der Waals surface area contributed by atoms with Crippen LogP contribution in [0.25, 0.3) is 99.8 Å². The van der Waals surface area contributed by atoms with E-state index in [-0.39, 0.29) is 11.3 Å². The minimum absolute atomic E-state index is 0.0553. The Morgan fingerprint density at radius 1 is 0.391 bits per heavy atom. The summed E-state index contributed by atoms with van der Waals surface area (Å²) in [5, 5.41) is 22.9. The van der Waals surface area contributed by atoms with Crippen molar-refractivity contribution in [3.8, 4) is 68.3 Å². The highest BCUT2D eigenvalue weighted by Gasteiger charge is 2.36. The topological polar surface area (TPSA) is 70.3 Å². The molecule has 11 rings (SSSR count). The highest BCUT2D eigenvalue weighted by Crippen LogP contribution is 2.45. The molecule has 0 N–H and O–H groups in total. The lowest BCUT2D eigenvalue weighted by Gasteiger charge is -2.22. The van der Waals surface area contributed by atoms with Crippen LogP contribution in [0.2, 0.25) is 0 Å². The van der Waals surface area contributed by atoms with Gasteiger partial charge in [0.05, 0.1) is 73.7 Å². The van der Waals surface area contributed by atoms with Crippen molar-refractivity contribution >= 4 is 43.6 Å². The number of pyridine rings is 1. The third kappa shape index (κ3) is 6.36. The van der Waals surface area contributed by atoms with E-state index in [0.29, 0.717) is 33.7 Å². The Labute approximate surface area is 365 Å². The summed E-state index contributed by atoms with van der Waals surface area (Å²) in [6, 6.07) is 64.5. The van der Waals surface area contributed by atoms with Gasteiger partial charge in [-0.15, -0.1) is 0 Å². The predicted molar refractivity (Wildman–Crippen MR) is 249 cm³/mol. The summed E-state index contributed by atoms with van der Waals surface area (Å²) in [5.74, 6) is 0. The van der Waals surface area contributed by atoms with Crippen LogP contribution in [0.1, 0.15) is 16.7 Å². The molecule has 0 bridgehead atoms. The maximum Gasteiger partial charge on any atom is 0.417 e. The molecule has 0 aliphatic carbocycles. The Balaban J connectivity index is 1.25. The van der Waals surface area contributed by atoms with E-state index in [4.69, 9.17) is 4.98 Å². The van der Waals surface area contributed by atoms with Crippen molar-refractivity contribution in [1.82, 2.24) is 14.1 Å². The molecule has 0 atom stereocenters. The molecule has 0 spiro atoms. The molecule has 3 heterocycles. The maximum atomic E-state index is 15.9. The van der Waals surface area contributed by atoms with E-state index in [1.807, 2.05) is 150 Å². The lowest BCUT2D eigenvalue weighted by molar-refractivity contribution is -0.137. The second-order valence-corrected chi connectivity index (χ2v) is 15.7. The van der Waals surface area contributed by atoms with Crippen molar-refractivity contribution in [3.05, 3.63) is 211 Å². The first-order valence-electron chi connectivity index (χ1n) is 20.6. The van der Waals surface area contributed by atoms with Crippen LogP contribution < -0.4 is 0 Å². The van der Waals surface area contributed by atoms with Gasteiger partial charge >= 0.3 is 6.18 Å². The Hall–Kier alpha value is -8.72. The molecule has 3 aromatic heterocycles. The first kappa shape index (κ1) is 38.2. The van der Waals surface area contributed by atoms with Crippen molar-refractivity contribution < 1.29 is 13.2 Å². The summed E-state index contributed by atoms with van der Waals surface area (Å²) in [6.07, 6.45) is -4.77. The van der Waals surface area contributed by atoms with Crippen LogP contribution in [-0.2, 0) is 6.18 Å². The van der Waals surface area contributed by atoms with Crippen LogP contribution in [0, 0.1) is 22.7 Å². The van der Waals surface area contributed by atoms with Crippen molar-refractivity contribution in [2.75, 3.05) is 0 Å². The molecule has 302 valence electrons. The van der Waals surface area contributed by atoms with Crippen molar-refractivity contribution in [3.63, 3.8) is 0 Å². The van der Waals surface area contributed by atoms with E-state index in [1.54, 1.807) is 36.4 Å². The largest absolute Gasteiger partial charge is 0.417 e. The maximum absolute atomic E-state index is 15.9. The first-order valence-corrected chi connectivity index (χ1v) is 20.6. The van der Waals surface area contributed by atoms with Crippen LogP contribution in [0.5, 0.6) is 0 Å². The number of hydrogen-bond acceptors (Lipinski definition) is 3. The molecule has 0 unspecified atom stereocenters. The number of aromatic nitrogens is 3. The fraction of sp³-hybridized carbons (Fsp3) is 0.0179. The standard InChI is InChI=1S/C56H32F3N5/c57-56(58,59)47-32-55(64-51-22-7-5-18-43(51)45-30-41(24-26-53(45)64)39-16-9-12-36(28-39)34-61)54(31-46(47)49-20-10-19-48(62-49)37-13-2-1-3-14-37)63-50-21-6-4-17-42(50)44-29-40(23-25-52(44)63)38-15-8-11-35(27-38)33-60/h1-32H. The molecule has 0 amide bonds. The van der Waals surface area contributed by atoms with E-state index in [0.717, 1.165) is 65.9 Å². The normalized spacial score (nSPS) is 11.6. The number of benzene rings is 8. The molecule has 5 nitrogen and oxygen atoms in total. The predicted octanol–water partition coefficient (Wildman–Crippen LogP) is 14.7. The van der Waals surface area contributed by atoms with Crippen molar-refractivity contribution in [1.29, 1.82) is 10.5 Å². The van der Waals surface area contributed by atoms with Crippen LogP contribution in [0.15, 0.2) is 194 Å². The number of hydrogen-bond donors (Lipinski definition) is 0. The molecular weight excluding hydrogens is 800 g/mol. The number of nitriles is 2.